The van der Waals surface area contributed by atoms with Gasteiger partial charge < -0.3 is 10.3 Å². The van der Waals surface area contributed by atoms with E-state index in [1.807, 2.05) is 6.92 Å². The Balaban J connectivity index is 2.83. The van der Waals surface area contributed by atoms with E-state index in [0.29, 0.717) is 11.7 Å². The van der Waals surface area contributed by atoms with Gasteiger partial charge >= 0.3 is 0 Å². The molecule has 2 aromatic rings. The fraction of sp³-hybridized carbons (Fsp3) is 0.400. The van der Waals surface area contributed by atoms with Crippen LogP contribution in [-0.4, -0.2) is 14.5 Å². The topological polar surface area (TPSA) is 56.7 Å². The number of hydrogen-bond donors (Lipinski definition) is 1. The van der Waals surface area contributed by atoms with E-state index in [1.54, 1.807) is 12.3 Å². The van der Waals surface area contributed by atoms with Crippen LogP contribution in [0.5, 0.6) is 0 Å². The van der Waals surface area contributed by atoms with Crippen molar-refractivity contribution >= 4 is 16.9 Å². The Bertz CT molecular complexity index is 470. The number of anilines is 1. The zero-order chi connectivity index (χ0) is 10.3. The maximum atomic E-state index is 5.82. The first-order valence-corrected chi connectivity index (χ1v) is 4.70. The summed E-state index contributed by atoms with van der Waals surface area (Å²) in [4.78, 5) is 8.71. The molecule has 0 bridgehead atoms. The van der Waals surface area contributed by atoms with Crippen molar-refractivity contribution in [1.29, 1.82) is 0 Å². The minimum Gasteiger partial charge on any atom is -0.397 e. The van der Waals surface area contributed by atoms with Crippen molar-refractivity contribution < 1.29 is 0 Å². The molecule has 14 heavy (non-hydrogen) atoms. The summed E-state index contributed by atoms with van der Waals surface area (Å²) in [5.41, 5.74) is 8.19. The molecule has 74 valence electrons. The number of imidazole rings is 1. The van der Waals surface area contributed by atoms with Crippen LogP contribution in [0.25, 0.3) is 11.2 Å². The van der Waals surface area contributed by atoms with Gasteiger partial charge in [-0.15, -0.1) is 0 Å². The van der Waals surface area contributed by atoms with E-state index in [4.69, 9.17) is 5.73 Å². The van der Waals surface area contributed by atoms with Gasteiger partial charge in [0.25, 0.3) is 0 Å². The second kappa shape index (κ2) is 2.97. The molecular weight excluding hydrogens is 176 g/mol. The largest absolute Gasteiger partial charge is 0.397 e. The Morgan fingerprint density at radius 1 is 1.43 bits per heavy atom. The number of fused-ring (bicyclic) bond motifs is 1. The average molecular weight is 190 g/mol. The molecule has 0 atom stereocenters. The van der Waals surface area contributed by atoms with Crippen molar-refractivity contribution in [2.75, 3.05) is 5.73 Å². The van der Waals surface area contributed by atoms with E-state index in [0.717, 1.165) is 17.0 Å². The van der Waals surface area contributed by atoms with Crippen LogP contribution in [0.3, 0.4) is 0 Å². The molecule has 0 radical (unpaired) electrons. The molecule has 4 heteroatoms. The number of nitrogens with zero attached hydrogens (tertiary/aromatic N) is 3. The van der Waals surface area contributed by atoms with Crippen LogP contribution in [0.2, 0.25) is 0 Å². The second-order valence-electron chi connectivity index (χ2n) is 3.70. The summed E-state index contributed by atoms with van der Waals surface area (Å²) < 4.78 is 2.09. The summed E-state index contributed by atoms with van der Waals surface area (Å²) >= 11 is 0. The summed E-state index contributed by atoms with van der Waals surface area (Å²) in [5.74, 6) is 0.959. The highest BCUT2D eigenvalue weighted by Crippen LogP contribution is 2.22. The number of hydrogen-bond acceptors (Lipinski definition) is 3. The predicted molar refractivity (Wildman–Crippen MR) is 57.1 cm³/mol. The first-order valence-electron chi connectivity index (χ1n) is 4.70. The monoisotopic (exact) mass is 190 g/mol. The zero-order valence-electron chi connectivity index (χ0n) is 8.65. The van der Waals surface area contributed by atoms with Gasteiger partial charge in [0, 0.05) is 12.2 Å². The van der Waals surface area contributed by atoms with Gasteiger partial charge in [0.05, 0.1) is 5.69 Å². The third kappa shape index (κ3) is 1.14. The van der Waals surface area contributed by atoms with Crippen LogP contribution in [0.15, 0.2) is 12.3 Å². The van der Waals surface area contributed by atoms with Crippen molar-refractivity contribution in [3.05, 3.63) is 18.1 Å². The maximum absolute atomic E-state index is 5.82. The lowest BCUT2D eigenvalue weighted by Gasteiger charge is -2.09. The minimum absolute atomic E-state index is 0.356. The minimum atomic E-state index is 0.356. The van der Waals surface area contributed by atoms with E-state index in [9.17, 15) is 0 Å². The molecule has 0 aliphatic heterocycles. The molecule has 0 aliphatic carbocycles. The van der Waals surface area contributed by atoms with E-state index in [1.165, 1.54) is 0 Å². The Labute approximate surface area is 82.8 Å². The number of nitrogen functional groups attached to an aromatic ring is 1. The molecule has 0 unspecified atom stereocenters. The zero-order valence-corrected chi connectivity index (χ0v) is 8.65. The smallest absolute Gasteiger partial charge is 0.162 e. The summed E-state index contributed by atoms with van der Waals surface area (Å²) in [6, 6.07) is 2.13. The molecule has 2 heterocycles. The molecular formula is C10H14N4. The van der Waals surface area contributed by atoms with E-state index < -0.39 is 0 Å². The predicted octanol–water partition coefficient (Wildman–Crippen LogP) is 1.90. The van der Waals surface area contributed by atoms with E-state index >= 15 is 0 Å². The number of nitrogens with two attached hydrogens (primary N) is 1. The summed E-state index contributed by atoms with van der Waals surface area (Å²) in [7, 11) is 0. The molecule has 0 saturated heterocycles. The van der Waals surface area contributed by atoms with E-state index in [2.05, 4.69) is 28.4 Å². The molecule has 0 aromatic carbocycles. The van der Waals surface area contributed by atoms with Crippen LogP contribution >= 0.6 is 0 Å². The number of aryl methyl sites for hydroxylation is 1. The standard InChI is InChI=1S/C10H14N4/c1-6(2)14-7(3)13-9-8(11)4-5-12-10(9)14/h4-6H,1-3H3,(H2,11,12). The number of pyridine rings is 1. The third-order valence-corrected chi connectivity index (χ3v) is 2.30. The van der Waals surface area contributed by atoms with Crippen molar-refractivity contribution in [3.63, 3.8) is 0 Å². The van der Waals surface area contributed by atoms with Crippen LogP contribution in [0.4, 0.5) is 5.69 Å². The first kappa shape index (κ1) is 8.99. The van der Waals surface area contributed by atoms with Crippen molar-refractivity contribution in [2.45, 2.75) is 26.8 Å². The van der Waals surface area contributed by atoms with Gasteiger partial charge in [0.1, 0.15) is 11.3 Å². The van der Waals surface area contributed by atoms with Crippen molar-refractivity contribution in [3.8, 4) is 0 Å². The van der Waals surface area contributed by atoms with Gasteiger partial charge in [-0.3, -0.25) is 0 Å². The molecule has 0 saturated carbocycles. The highest BCUT2D eigenvalue weighted by atomic mass is 15.1. The Hall–Kier alpha value is -1.58. The Kier molecular flexibility index (Phi) is 1.91. The van der Waals surface area contributed by atoms with Gasteiger partial charge in [-0.25, -0.2) is 9.97 Å². The lowest BCUT2D eigenvalue weighted by atomic mass is 10.3. The molecule has 4 nitrogen and oxygen atoms in total. The van der Waals surface area contributed by atoms with Gasteiger partial charge in [-0.05, 0) is 26.8 Å². The van der Waals surface area contributed by atoms with Crippen LogP contribution in [0.1, 0.15) is 25.7 Å². The Morgan fingerprint density at radius 2 is 2.14 bits per heavy atom. The van der Waals surface area contributed by atoms with Crippen molar-refractivity contribution in [1.82, 2.24) is 14.5 Å². The lowest BCUT2D eigenvalue weighted by molar-refractivity contribution is 0.595. The van der Waals surface area contributed by atoms with Gasteiger partial charge in [-0.1, -0.05) is 0 Å². The highest BCUT2D eigenvalue weighted by Gasteiger charge is 2.12. The van der Waals surface area contributed by atoms with Crippen LogP contribution in [0, 0.1) is 6.92 Å². The maximum Gasteiger partial charge on any atom is 0.162 e. The molecule has 2 N–H and O–H groups in total. The normalized spacial score (nSPS) is 11.4. The molecule has 0 fully saturated rings. The fourth-order valence-corrected chi connectivity index (χ4v) is 1.74. The second-order valence-corrected chi connectivity index (χ2v) is 3.70. The molecule has 2 aromatic heterocycles. The molecule has 0 aliphatic rings. The Morgan fingerprint density at radius 3 is 2.79 bits per heavy atom. The molecule has 0 spiro atoms. The quantitative estimate of drug-likeness (QED) is 0.747. The molecule has 0 amide bonds. The van der Waals surface area contributed by atoms with Gasteiger partial charge in [0.2, 0.25) is 0 Å². The summed E-state index contributed by atoms with van der Waals surface area (Å²) in [6.45, 7) is 6.19. The van der Waals surface area contributed by atoms with E-state index in [-0.39, 0.29) is 0 Å². The highest BCUT2D eigenvalue weighted by molar-refractivity contribution is 5.84. The number of rotatable bonds is 1. The summed E-state index contributed by atoms with van der Waals surface area (Å²) in [6.07, 6.45) is 1.72. The van der Waals surface area contributed by atoms with Gasteiger partial charge in [0.15, 0.2) is 5.65 Å². The SMILES string of the molecule is Cc1nc2c(N)ccnc2n1C(C)C. The third-order valence-electron chi connectivity index (χ3n) is 2.30. The van der Waals surface area contributed by atoms with Crippen LogP contribution < -0.4 is 5.73 Å². The van der Waals surface area contributed by atoms with Crippen molar-refractivity contribution in [2.24, 2.45) is 0 Å². The van der Waals surface area contributed by atoms with Gasteiger partial charge in [-0.2, -0.15) is 0 Å². The van der Waals surface area contributed by atoms with Crippen LogP contribution in [-0.2, 0) is 0 Å². The number of aromatic nitrogens is 3. The lowest BCUT2D eigenvalue weighted by Crippen LogP contribution is -2.03. The summed E-state index contributed by atoms with van der Waals surface area (Å²) in [5, 5.41) is 0. The average Bonchev–Trinajstić information content (AvgIpc) is 2.42. The fourth-order valence-electron chi connectivity index (χ4n) is 1.74. The molecule has 2 rings (SSSR count). The first-order chi connectivity index (χ1) is 6.61.